The van der Waals surface area contributed by atoms with Crippen LogP contribution >= 0.6 is 0 Å². The standard InChI is InChI=1S/C15H23N/c1-3-7-13-9-4-5-10-15(13)16-14-11-6-8-12(14)2/h4-5,9-10,12,14,16H,3,6-8,11H2,1-2H3. The minimum Gasteiger partial charge on any atom is -0.382 e. The van der Waals surface area contributed by atoms with Crippen molar-refractivity contribution in [3.63, 3.8) is 0 Å². The Kier molecular flexibility index (Phi) is 3.87. The van der Waals surface area contributed by atoms with Crippen molar-refractivity contribution in [2.24, 2.45) is 5.92 Å². The molecule has 0 aromatic heterocycles. The average molecular weight is 217 g/mol. The first-order chi connectivity index (χ1) is 7.81. The van der Waals surface area contributed by atoms with Gasteiger partial charge >= 0.3 is 0 Å². The molecule has 0 saturated heterocycles. The van der Waals surface area contributed by atoms with Gasteiger partial charge in [0.2, 0.25) is 0 Å². The molecule has 1 aromatic carbocycles. The second-order valence-corrected chi connectivity index (χ2v) is 5.07. The van der Waals surface area contributed by atoms with Gasteiger partial charge in [-0.05, 0) is 36.8 Å². The number of nitrogens with one attached hydrogen (secondary N) is 1. The molecule has 16 heavy (non-hydrogen) atoms. The van der Waals surface area contributed by atoms with Gasteiger partial charge in [-0.25, -0.2) is 0 Å². The highest BCUT2D eigenvalue weighted by molar-refractivity contribution is 5.52. The van der Waals surface area contributed by atoms with Gasteiger partial charge in [-0.1, -0.05) is 44.9 Å². The molecule has 1 fully saturated rings. The first kappa shape index (κ1) is 11.5. The van der Waals surface area contributed by atoms with Crippen molar-refractivity contribution in [1.29, 1.82) is 0 Å². The monoisotopic (exact) mass is 217 g/mol. The van der Waals surface area contributed by atoms with E-state index in [-0.39, 0.29) is 0 Å². The van der Waals surface area contributed by atoms with E-state index in [1.807, 2.05) is 0 Å². The highest BCUT2D eigenvalue weighted by atomic mass is 14.9. The molecule has 2 atom stereocenters. The normalized spacial score (nSPS) is 24.6. The van der Waals surface area contributed by atoms with Crippen LogP contribution in [0.25, 0.3) is 0 Å². The van der Waals surface area contributed by atoms with E-state index < -0.39 is 0 Å². The SMILES string of the molecule is CCCc1ccccc1NC1CCCC1C. The molecule has 1 N–H and O–H groups in total. The van der Waals surface area contributed by atoms with Crippen molar-refractivity contribution in [2.75, 3.05) is 5.32 Å². The fourth-order valence-corrected chi connectivity index (χ4v) is 2.71. The number of hydrogen-bond donors (Lipinski definition) is 1. The molecule has 2 rings (SSSR count). The zero-order chi connectivity index (χ0) is 11.4. The summed E-state index contributed by atoms with van der Waals surface area (Å²) in [6.45, 7) is 4.61. The second-order valence-electron chi connectivity index (χ2n) is 5.07. The maximum absolute atomic E-state index is 3.74. The van der Waals surface area contributed by atoms with Crippen LogP contribution < -0.4 is 5.32 Å². The number of para-hydroxylation sites is 1. The van der Waals surface area contributed by atoms with Crippen molar-refractivity contribution in [3.8, 4) is 0 Å². The summed E-state index contributed by atoms with van der Waals surface area (Å²) < 4.78 is 0. The molecule has 1 aliphatic carbocycles. The Morgan fingerprint density at radius 3 is 2.75 bits per heavy atom. The van der Waals surface area contributed by atoms with Gasteiger partial charge < -0.3 is 5.32 Å². The van der Waals surface area contributed by atoms with Gasteiger partial charge in [-0.2, -0.15) is 0 Å². The van der Waals surface area contributed by atoms with Crippen LogP contribution in [0.4, 0.5) is 5.69 Å². The van der Waals surface area contributed by atoms with Gasteiger partial charge in [0.1, 0.15) is 0 Å². The summed E-state index contributed by atoms with van der Waals surface area (Å²) in [5, 5.41) is 3.74. The Bertz CT molecular complexity index is 332. The molecular formula is C15H23N. The van der Waals surface area contributed by atoms with Gasteiger partial charge in [-0.3, -0.25) is 0 Å². The molecule has 1 heteroatoms. The number of benzene rings is 1. The van der Waals surface area contributed by atoms with Gasteiger partial charge in [0.15, 0.2) is 0 Å². The largest absolute Gasteiger partial charge is 0.382 e. The Morgan fingerprint density at radius 1 is 1.25 bits per heavy atom. The van der Waals surface area contributed by atoms with Crippen LogP contribution in [-0.2, 0) is 6.42 Å². The Labute approximate surface area is 99.3 Å². The number of aryl methyl sites for hydroxylation is 1. The van der Waals surface area contributed by atoms with Gasteiger partial charge in [0.25, 0.3) is 0 Å². The van der Waals surface area contributed by atoms with E-state index in [0.717, 1.165) is 5.92 Å². The summed E-state index contributed by atoms with van der Waals surface area (Å²) in [6, 6.07) is 9.47. The summed E-state index contributed by atoms with van der Waals surface area (Å²) >= 11 is 0. The first-order valence-electron chi connectivity index (χ1n) is 6.65. The van der Waals surface area contributed by atoms with Crippen LogP contribution in [-0.4, -0.2) is 6.04 Å². The molecule has 0 radical (unpaired) electrons. The molecule has 0 bridgehead atoms. The van der Waals surface area contributed by atoms with Crippen LogP contribution in [0.5, 0.6) is 0 Å². The fourth-order valence-electron chi connectivity index (χ4n) is 2.71. The Balaban J connectivity index is 2.07. The summed E-state index contributed by atoms with van der Waals surface area (Å²) in [6.07, 6.45) is 6.51. The minimum absolute atomic E-state index is 0.693. The van der Waals surface area contributed by atoms with E-state index >= 15 is 0 Å². The maximum atomic E-state index is 3.74. The molecule has 1 aromatic rings. The van der Waals surface area contributed by atoms with E-state index in [9.17, 15) is 0 Å². The zero-order valence-electron chi connectivity index (χ0n) is 10.5. The van der Waals surface area contributed by atoms with Crippen molar-refractivity contribution < 1.29 is 0 Å². The highest BCUT2D eigenvalue weighted by Crippen LogP contribution is 2.29. The predicted molar refractivity (Wildman–Crippen MR) is 70.9 cm³/mol. The van der Waals surface area contributed by atoms with Crippen molar-refractivity contribution in [3.05, 3.63) is 29.8 Å². The minimum atomic E-state index is 0.693. The van der Waals surface area contributed by atoms with Crippen LogP contribution in [0.1, 0.15) is 45.1 Å². The van der Waals surface area contributed by atoms with Crippen LogP contribution in [0.15, 0.2) is 24.3 Å². The molecule has 0 heterocycles. The van der Waals surface area contributed by atoms with Crippen LogP contribution in [0, 0.1) is 5.92 Å². The molecule has 1 nitrogen and oxygen atoms in total. The van der Waals surface area contributed by atoms with E-state index in [1.165, 1.54) is 43.4 Å². The van der Waals surface area contributed by atoms with Crippen LogP contribution in [0.2, 0.25) is 0 Å². The number of rotatable bonds is 4. The van der Waals surface area contributed by atoms with E-state index in [2.05, 4.69) is 43.4 Å². The topological polar surface area (TPSA) is 12.0 Å². The smallest absolute Gasteiger partial charge is 0.0374 e. The summed E-state index contributed by atoms with van der Waals surface area (Å²) in [5.74, 6) is 0.828. The molecule has 1 aliphatic rings. The molecule has 1 saturated carbocycles. The lowest BCUT2D eigenvalue weighted by atomic mass is 10.0. The number of hydrogen-bond acceptors (Lipinski definition) is 1. The van der Waals surface area contributed by atoms with Crippen molar-refractivity contribution in [2.45, 2.75) is 52.0 Å². The Morgan fingerprint density at radius 2 is 2.06 bits per heavy atom. The third-order valence-corrected chi connectivity index (χ3v) is 3.74. The maximum Gasteiger partial charge on any atom is 0.0374 e. The Hall–Kier alpha value is -0.980. The van der Waals surface area contributed by atoms with E-state index in [1.54, 1.807) is 0 Å². The molecule has 2 unspecified atom stereocenters. The lowest BCUT2D eigenvalue weighted by molar-refractivity contribution is 0.556. The van der Waals surface area contributed by atoms with Crippen molar-refractivity contribution >= 4 is 5.69 Å². The van der Waals surface area contributed by atoms with Crippen LogP contribution in [0.3, 0.4) is 0 Å². The molecule has 0 spiro atoms. The number of anilines is 1. The van der Waals surface area contributed by atoms with E-state index in [4.69, 9.17) is 0 Å². The molecule has 0 amide bonds. The van der Waals surface area contributed by atoms with Crippen molar-refractivity contribution in [1.82, 2.24) is 0 Å². The third-order valence-electron chi connectivity index (χ3n) is 3.74. The van der Waals surface area contributed by atoms with Gasteiger partial charge in [0, 0.05) is 11.7 Å². The first-order valence-corrected chi connectivity index (χ1v) is 6.65. The average Bonchev–Trinajstić information content (AvgIpc) is 2.68. The third kappa shape index (κ3) is 2.58. The molecule has 0 aliphatic heterocycles. The fraction of sp³-hybridized carbons (Fsp3) is 0.600. The summed E-state index contributed by atoms with van der Waals surface area (Å²) in [5.41, 5.74) is 2.84. The lowest BCUT2D eigenvalue weighted by Gasteiger charge is -2.20. The van der Waals surface area contributed by atoms with E-state index in [0.29, 0.717) is 6.04 Å². The van der Waals surface area contributed by atoms with Gasteiger partial charge in [-0.15, -0.1) is 0 Å². The molecular weight excluding hydrogens is 194 g/mol. The second kappa shape index (κ2) is 5.38. The molecule has 88 valence electrons. The quantitative estimate of drug-likeness (QED) is 0.795. The summed E-state index contributed by atoms with van der Waals surface area (Å²) in [7, 11) is 0. The highest BCUT2D eigenvalue weighted by Gasteiger charge is 2.23. The zero-order valence-corrected chi connectivity index (χ0v) is 10.5. The van der Waals surface area contributed by atoms with Gasteiger partial charge in [0.05, 0.1) is 0 Å². The lowest BCUT2D eigenvalue weighted by Crippen LogP contribution is -2.22. The summed E-state index contributed by atoms with van der Waals surface area (Å²) in [4.78, 5) is 0. The predicted octanol–water partition coefficient (Wildman–Crippen LogP) is 4.24.